The Morgan fingerprint density at radius 1 is 1.50 bits per heavy atom. The minimum Gasteiger partial charge on any atom is -0.480 e. The van der Waals surface area contributed by atoms with Crippen LogP contribution in [0.3, 0.4) is 0 Å². The summed E-state index contributed by atoms with van der Waals surface area (Å²) in [5.74, 6) is -1.50. The molecule has 0 radical (unpaired) electrons. The Hall–Kier alpha value is -1.88. The molecule has 0 bridgehead atoms. The molecule has 0 aromatic carbocycles. The standard InChI is InChI=1S/C7H8N4O/c1-2-12-7(11)5(3-8)6(10)4-9/h5,10-11H,2H2,1H3. The van der Waals surface area contributed by atoms with Crippen molar-refractivity contribution in [3.63, 3.8) is 0 Å². The van der Waals surface area contributed by atoms with Crippen molar-refractivity contribution in [2.24, 2.45) is 5.92 Å². The van der Waals surface area contributed by atoms with E-state index in [0.29, 0.717) is 0 Å². The molecule has 0 spiro atoms. The van der Waals surface area contributed by atoms with Crippen LogP contribution in [0.4, 0.5) is 0 Å². The van der Waals surface area contributed by atoms with Crippen molar-refractivity contribution in [3.8, 4) is 12.1 Å². The number of nitrogens with one attached hydrogen (secondary N) is 2. The maximum absolute atomic E-state index is 8.46. The lowest BCUT2D eigenvalue weighted by Gasteiger charge is -2.06. The Morgan fingerprint density at radius 3 is 2.42 bits per heavy atom. The van der Waals surface area contributed by atoms with Crippen molar-refractivity contribution in [2.75, 3.05) is 6.61 Å². The van der Waals surface area contributed by atoms with Gasteiger partial charge in [-0.05, 0) is 6.92 Å². The van der Waals surface area contributed by atoms with Gasteiger partial charge in [0.2, 0.25) is 5.90 Å². The second-order valence-electron chi connectivity index (χ2n) is 1.88. The van der Waals surface area contributed by atoms with E-state index < -0.39 is 11.6 Å². The first-order valence-electron chi connectivity index (χ1n) is 3.26. The van der Waals surface area contributed by atoms with E-state index in [1.807, 2.05) is 0 Å². The third-order valence-electron chi connectivity index (χ3n) is 1.10. The van der Waals surface area contributed by atoms with Crippen molar-refractivity contribution in [1.29, 1.82) is 21.3 Å². The lowest BCUT2D eigenvalue weighted by Crippen LogP contribution is -2.22. The molecule has 0 aliphatic carbocycles. The summed E-state index contributed by atoms with van der Waals surface area (Å²) in [5, 5.41) is 30.9. The van der Waals surface area contributed by atoms with Gasteiger partial charge >= 0.3 is 0 Å². The van der Waals surface area contributed by atoms with Gasteiger partial charge in [0.05, 0.1) is 12.7 Å². The molecule has 0 amide bonds. The molecule has 5 nitrogen and oxygen atoms in total. The highest BCUT2D eigenvalue weighted by Gasteiger charge is 2.20. The van der Waals surface area contributed by atoms with Gasteiger partial charge in [-0.25, -0.2) is 0 Å². The molecule has 0 saturated heterocycles. The van der Waals surface area contributed by atoms with Crippen LogP contribution < -0.4 is 0 Å². The SMILES string of the molecule is CCOC(=N)C(C#N)C(=N)C#N. The van der Waals surface area contributed by atoms with Crippen molar-refractivity contribution < 1.29 is 4.74 Å². The molecule has 0 aliphatic heterocycles. The Balaban J connectivity index is 4.40. The van der Waals surface area contributed by atoms with E-state index in [2.05, 4.69) is 4.74 Å². The van der Waals surface area contributed by atoms with Crippen LogP contribution in [0.5, 0.6) is 0 Å². The molecule has 5 heteroatoms. The van der Waals surface area contributed by atoms with Gasteiger partial charge in [-0.1, -0.05) is 0 Å². The molecular weight excluding hydrogens is 156 g/mol. The van der Waals surface area contributed by atoms with Crippen molar-refractivity contribution in [1.82, 2.24) is 0 Å². The molecule has 1 unspecified atom stereocenters. The van der Waals surface area contributed by atoms with E-state index in [4.69, 9.17) is 21.3 Å². The predicted molar refractivity (Wildman–Crippen MR) is 41.8 cm³/mol. The lowest BCUT2D eigenvalue weighted by atomic mass is 10.1. The van der Waals surface area contributed by atoms with Crippen LogP contribution in [0.1, 0.15) is 6.92 Å². The van der Waals surface area contributed by atoms with E-state index in [1.165, 1.54) is 6.07 Å². The zero-order chi connectivity index (χ0) is 9.56. The van der Waals surface area contributed by atoms with Crippen LogP contribution in [0.25, 0.3) is 0 Å². The molecule has 0 fully saturated rings. The lowest BCUT2D eigenvalue weighted by molar-refractivity contribution is 0.313. The first-order valence-corrected chi connectivity index (χ1v) is 3.26. The molecule has 0 aromatic rings. The van der Waals surface area contributed by atoms with Crippen molar-refractivity contribution in [3.05, 3.63) is 0 Å². The number of nitriles is 2. The normalized spacial score (nSPS) is 10.6. The number of hydrogen-bond donors (Lipinski definition) is 2. The zero-order valence-electron chi connectivity index (χ0n) is 6.59. The molecule has 0 aromatic heterocycles. The molecule has 0 heterocycles. The summed E-state index contributed by atoms with van der Waals surface area (Å²) in [4.78, 5) is 0. The molecule has 0 saturated carbocycles. The van der Waals surface area contributed by atoms with E-state index in [9.17, 15) is 0 Å². The summed E-state index contributed by atoms with van der Waals surface area (Å²) in [6, 6.07) is 3.14. The maximum atomic E-state index is 8.46. The predicted octanol–water partition coefficient (Wildman–Crippen LogP) is 0.683. The summed E-state index contributed by atoms with van der Waals surface area (Å²) >= 11 is 0. The largest absolute Gasteiger partial charge is 0.480 e. The summed E-state index contributed by atoms with van der Waals surface area (Å²) < 4.78 is 4.69. The average Bonchev–Trinajstić information content (AvgIpc) is 2.06. The van der Waals surface area contributed by atoms with Crippen molar-refractivity contribution >= 4 is 11.6 Å². The smallest absolute Gasteiger partial charge is 0.205 e. The monoisotopic (exact) mass is 164 g/mol. The van der Waals surface area contributed by atoms with E-state index in [0.717, 1.165) is 0 Å². The van der Waals surface area contributed by atoms with E-state index in [1.54, 1.807) is 13.0 Å². The van der Waals surface area contributed by atoms with Gasteiger partial charge in [0.1, 0.15) is 11.8 Å². The number of ether oxygens (including phenoxy) is 1. The van der Waals surface area contributed by atoms with Gasteiger partial charge in [0, 0.05) is 0 Å². The molecule has 12 heavy (non-hydrogen) atoms. The van der Waals surface area contributed by atoms with Crippen LogP contribution in [0.2, 0.25) is 0 Å². The minimum absolute atomic E-state index is 0.260. The van der Waals surface area contributed by atoms with Crippen LogP contribution in [-0.4, -0.2) is 18.2 Å². The van der Waals surface area contributed by atoms with Gasteiger partial charge in [-0.15, -0.1) is 0 Å². The average molecular weight is 164 g/mol. The Labute approximate surface area is 70.2 Å². The van der Waals surface area contributed by atoms with E-state index >= 15 is 0 Å². The van der Waals surface area contributed by atoms with Crippen LogP contribution in [-0.2, 0) is 4.74 Å². The molecule has 62 valence electrons. The Morgan fingerprint density at radius 2 is 2.08 bits per heavy atom. The van der Waals surface area contributed by atoms with Crippen molar-refractivity contribution in [2.45, 2.75) is 6.92 Å². The molecule has 1 atom stereocenters. The third-order valence-corrected chi connectivity index (χ3v) is 1.10. The highest BCUT2D eigenvalue weighted by atomic mass is 16.5. The second-order valence-corrected chi connectivity index (χ2v) is 1.88. The van der Waals surface area contributed by atoms with Gasteiger partial charge in [-0.2, -0.15) is 10.5 Å². The fourth-order valence-electron chi connectivity index (χ4n) is 0.558. The molecular formula is C7H8N4O. The fourth-order valence-corrected chi connectivity index (χ4v) is 0.558. The summed E-state index contributed by atoms with van der Waals surface area (Å²) in [6.45, 7) is 1.93. The minimum atomic E-state index is -1.16. The third kappa shape index (κ3) is 2.39. The van der Waals surface area contributed by atoms with Crippen LogP contribution in [0, 0.1) is 39.4 Å². The number of nitrogens with zero attached hydrogens (tertiary/aromatic N) is 2. The fraction of sp³-hybridized carbons (Fsp3) is 0.429. The topological polar surface area (TPSA) is 105 Å². The van der Waals surface area contributed by atoms with Crippen LogP contribution in [0.15, 0.2) is 0 Å². The first kappa shape index (κ1) is 10.1. The molecule has 0 aliphatic rings. The highest BCUT2D eigenvalue weighted by Crippen LogP contribution is 2.00. The summed E-state index contributed by atoms with van der Waals surface area (Å²) in [7, 11) is 0. The van der Waals surface area contributed by atoms with Gasteiger partial charge in [0.15, 0.2) is 5.92 Å². The summed E-state index contributed by atoms with van der Waals surface area (Å²) in [6.07, 6.45) is 0. The Bertz CT molecular complexity index is 270. The van der Waals surface area contributed by atoms with Gasteiger partial charge in [0.25, 0.3) is 0 Å². The quantitative estimate of drug-likeness (QED) is 0.473. The zero-order valence-corrected chi connectivity index (χ0v) is 6.59. The molecule has 0 rings (SSSR count). The maximum Gasteiger partial charge on any atom is 0.205 e. The molecule has 2 N–H and O–H groups in total. The van der Waals surface area contributed by atoms with Gasteiger partial charge in [-0.3, -0.25) is 10.8 Å². The van der Waals surface area contributed by atoms with E-state index in [-0.39, 0.29) is 12.5 Å². The van der Waals surface area contributed by atoms with Crippen LogP contribution >= 0.6 is 0 Å². The first-order chi connectivity index (χ1) is 5.67. The second kappa shape index (κ2) is 4.86. The summed E-state index contributed by atoms with van der Waals surface area (Å²) in [5.41, 5.74) is -0.462. The van der Waals surface area contributed by atoms with Gasteiger partial charge < -0.3 is 4.74 Å². The Kier molecular flexibility index (Phi) is 4.10. The number of rotatable bonds is 3. The highest BCUT2D eigenvalue weighted by molar-refractivity contribution is 6.11. The number of hydrogen-bond acceptors (Lipinski definition) is 5.